The molecule has 14 heavy (non-hydrogen) atoms. The van der Waals surface area contributed by atoms with E-state index in [0.717, 1.165) is 0 Å². The van der Waals surface area contributed by atoms with Gasteiger partial charge in [0.25, 0.3) is 0 Å². The Balaban J connectivity index is 2.46. The van der Waals surface area contributed by atoms with Gasteiger partial charge in [0.2, 0.25) is 0 Å². The van der Waals surface area contributed by atoms with E-state index in [9.17, 15) is 0 Å². The van der Waals surface area contributed by atoms with Gasteiger partial charge in [-0.1, -0.05) is 30.3 Å². The van der Waals surface area contributed by atoms with Gasteiger partial charge in [0.1, 0.15) is 0 Å². The van der Waals surface area contributed by atoms with E-state index >= 15 is 0 Å². The number of thioether (sulfide) groups is 1. The van der Waals surface area contributed by atoms with Crippen molar-refractivity contribution in [2.75, 3.05) is 19.1 Å². The van der Waals surface area contributed by atoms with Gasteiger partial charge < -0.3 is 5.32 Å². The van der Waals surface area contributed by atoms with Crippen LogP contribution >= 0.6 is 11.8 Å². The topological polar surface area (TPSA) is 12.0 Å². The van der Waals surface area contributed by atoms with Crippen LogP contribution < -0.4 is 5.32 Å². The van der Waals surface area contributed by atoms with Gasteiger partial charge >= 0.3 is 0 Å². The Morgan fingerprint density at radius 1 is 1.29 bits per heavy atom. The predicted molar refractivity (Wildman–Crippen MR) is 65.9 cm³/mol. The van der Waals surface area contributed by atoms with Crippen molar-refractivity contribution < 1.29 is 0 Å². The first kappa shape index (κ1) is 11.6. The van der Waals surface area contributed by atoms with Crippen LogP contribution in [0.5, 0.6) is 0 Å². The van der Waals surface area contributed by atoms with E-state index in [0.29, 0.717) is 6.04 Å². The van der Waals surface area contributed by atoms with E-state index in [1.54, 1.807) is 0 Å². The van der Waals surface area contributed by atoms with Crippen LogP contribution in [-0.2, 0) is 0 Å². The summed E-state index contributed by atoms with van der Waals surface area (Å²) in [7, 11) is 2.04. The second-order valence-electron chi connectivity index (χ2n) is 3.39. The average molecular weight is 209 g/mol. The zero-order valence-corrected chi connectivity index (χ0v) is 9.81. The number of hydrogen-bond donors (Lipinski definition) is 1. The maximum Gasteiger partial charge on any atom is 0.0317 e. The molecular weight excluding hydrogens is 190 g/mol. The van der Waals surface area contributed by atoms with Crippen LogP contribution in [0.1, 0.15) is 24.4 Å². The zero-order chi connectivity index (χ0) is 10.2. The van der Waals surface area contributed by atoms with Crippen molar-refractivity contribution in [2.24, 2.45) is 0 Å². The largest absolute Gasteiger partial charge is 0.313 e. The third-order valence-corrected chi connectivity index (χ3v) is 3.09. The van der Waals surface area contributed by atoms with Gasteiger partial charge in [0, 0.05) is 6.04 Å². The normalized spacial score (nSPS) is 12.7. The summed E-state index contributed by atoms with van der Waals surface area (Å²) < 4.78 is 0. The molecule has 0 saturated carbocycles. The lowest BCUT2D eigenvalue weighted by atomic mass is 10.0. The van der Waals surface area contributed by atoms with Crippen molar-refractivity contribution in [2.45, 2.75) is 18.9 Å². The van der Waals surface area contributed by atoms with Gasteiger partial charge in [-0.3, -0.25) is 0 Å². The summed E-state index contributed by atoms with van der Waals surface area (Å²) in [5.74, 6) is 1.25. The molecule has 1 N–H and O–H groups in total. The van der Waals surface area contributed by atoms with Crippen molar-refractivity contribution in [3.8, 4) is 0 Å². The molecular formula is C12H19NS. The van der Waals surface area contributed by atoms with Crippen LogP contribution in [0.4, 0.5) is 0 Å². The quantitative estimate of drug-likeness (QED) is 0.723. The number of benzene rings is 1. The third kappa shape index (κ3) is 3.72. The SMILES string of the molecule is CNC(CCCSC)c1ccccc1. The highest BCUT2D eigenvalue weighted by Crippen LogP contribution is 2.18. The Hall–Kier alpha value is -0.470. The Morgan fingerprint density at radius 3 is 2.57 bits per heavy atom. The Morgan fingerprint density at radius 2 is 2.00 bits per heavy atom. The fourth-order valence-corrected chi connectivity index (χ4v) is 2.05. The molecule has 0 bridgehead atoms. The molecule has 0 aliphatic carbocycles. The summed E-state index contributed by atoms with van der Waals surface area (Å²) >= 11 is 1.92. The molecule has 0 aromatic heterocycles. The van der Waals surface area contributed by atoms with E-state index in [1.807, 2.05) is 18.8 Å². The summed E-state index contributed by atoms with van der Waals surface area (Å²) in [5, 5.41) is 3.37. The predicted octanol–water partition coefficient (Wildman–Crippen LogP) is 3.09. The molecule has 0 aliphatic rings. The van der Waals surface area contributed by atoms with Crippen molar-refractivity contribution in [1.29, 1.82) is 0 Å². The number of hydrogen-bond acceptors (Lipinski definition) is 2. The molecule has 78 valence electrons. The van der Waals surface area contributed by atoms with E-state index in [2.05, 4.69) is 41.9 Å². The summed E-state index contributed by atoms with van der Waals surface area (Å²) in [6.45, 7) is 0. The summed E-state index contributed by atoms with van der Waals surface area (Å²) in [4.78, 5) is 0. The van der Waals surface area contributed by atoms with E-state index in [-0.39, 0.29) is 0 Å². The first-order chi connectivity index (χ1) is 6.88. The minimum absolute atomic E-state index is 0.517. The van der Waals surface area contributed by atoms with Gasteiger partial charge in [-0.05, 0) is 37.5 Å². The summed E-state index contributed by atoms with van der Waals surface area (Å²) in [6.07, 6.45) is 4.67. The van der Waals surface area contributed by atoms with Gasteiger partial charge in [-0.25, -0.2) is 0 Å². The molecule has 2 heteroatoms. The smallest absolute Gasteiger partial charge is 0.0317 e. The zero-order valence-electron chi connectivity index (χ0n) is 8.99. The molecule has 0 heterocycles. The monoisotopic (exact) mass is 209 g/mol. The van der Waals surface area contributed by atoms with Crippen LogP contribution in [0.25, 0.3) is 0 Å². The summed E-state index contributed by atoms with van der Waals surface area (Å²) in [5.41, 5.74) is 1.40. The molecule has 0 radical (unpaired) electrons. The molecule has 0 aliphatic heterocycles. The maximum atomic E-state index is 3.37. The average Bonchev–Trinajstić information content (AvgIpc) is 2.26. The minimum atomic E-state index is 0.517. The highest BCUT2D eigenvalue weighted by atomic mass is 32.2. The Kier molecular flexibility index (Phi) is 5.72. The standard InChI is InChI=1S/C12H19NS/c1-13-12(9-6-10-14-2)11-7-4-3-5-8-11/h3-5,7-8,12-13H,6,9-10H2,1-2H3. The molecule has 0 fully saturated rings. The molecule has 1 atom stereocenters. The fourth-order valence-electron chi connectivity index (χ4n) is 1.59. The third-order valence-electron chi connectivity index (χ3n) is 2.39. The first-order valence-electron chi connectivity index (χ1n) is 5.09. The lowest BCUT2D eigenvalue weighted by Crippen LogP contribution is -2.16. The van der Waals surface area contributed by atoms with Crippen LogP contribution in [-0.4, -0.2) is 19.1 Å². The van der Waals surface area contributed by atoms with E-state index < -0.39 is 0 Å². The molecule has 0 saturated heterocycles. The van der Waals surface area contributed by atoms with Crippen molar-refractivity contribution in [3.05, 3.63) is 35.9 Å². The van der Waals surface area contributed by atoms with Gasteiger partial charge in [-0.15, -0.1) is 0 Å². The molecule has 1 unspecified atom stereocenters. The first-order valence-corrected chi connectivity index (χ1v) is 6.49. The van der Waals surface area contributed by atoms with Crippen molar-refractivity contribution >= 4 is 11.8 Å². The van der Waals surface area contributed by atoms with Crippen LogP contribution in [0.3, 0.4) is 0 Å². The molecule has 0 amide bonds. The van der Waals surface area contributed by atoms with Crippen LogP contribution in [0, 0.1) is 0 Å². The summed E-state index contributed by atoms with van der Waals surface area (Å²) in [6, 6.07) is 11.2. The highest BCUT2D eigenvalue weighted by molar-refractivity contribution is 7.98. The fraction of sp³-hybridized carbons (Fsp3) is 0.500. The van der Waals surface area contributed by atoms with Gasteiger partial charge in [0.05, 0.1) is 0 Å². The second-order valence-corrected chi connectivity index (χ2v) is 4.37. The van der Waals surface area contributed by atoms with Gasteiger partial charge in [0.15, 0.2) is 0 Å². The number of nitrogens with one attached hydrogen (secondary N) is 1. The molecule has 1 aromatic carbocycles. The number of rotatable bonds is 6. The molecule has 1 aromatic rings. The molecule has 1 nitrogen and oxygen atoms in total. The van der Waals surface area contributed by atoms with Crippen molar-refractivity contribution in [3.63, 3.8) is 0 Å². The maximum absolute atomic E-state index is 3.37. The second kappa shape index (κ2) is 6.91. The lowest BCUT2D eigenvalue weighted by molar-refractivity contribution is 0.544. The van der Waals surface area contributed by atoms with E-state index in [1.165, 1.54) is 24.2 Å². The van der Waals surface area contributed by atoms with Crippen LogP contribution in [0.2, 0.25) is 0 Å². The van der Waals surface area contributed by atoms with E-state index in [4.69, 9.17) is 0 Å². The van der Waals surface area contributed by atoms with Crippen molar-refractivity contribution in [1.82, 2.24) is 5.32 Å². The van der Waals surface area contributed by atoms with Gasteiger partial charge in [-0.2, -0.15) is 11.8 Å². The Bertz CT molecular complexity index is 235. The minimum Gasteiger partial charge on any atom is -0.313 e. The molecule has 1 rings (SSSR count). The molecule has 0 spiro atoms. The Labute approximate surface area is 91.3 Å². The lowest BCUT2D eigenvalue weighted by Gasteiger charge is -2.15. The highest BCUT2D eigenvalue weighted by Gasteiger charge is 2.06. The van der Waals surface area contributed by atoms with Crippen LogP contribution in [0.15, 0.2) is 30.3 Å².